The van der Waals surface area contributed by atoms with E-state index >= 15 is 0 Å². The first kappa shape index (κ1) is 22.6. The lowest BCUT2D eigenvalue weighted by Crippen LogP contribution is -2.36. The van der Waals surface area contributed by atoms with E-state index in [1.807, 2.05) is 6.07 Å². The van der Waals surface area contributed by atoms with E-state index in [0.29, 0.717) is 12.1 Å². The minimum Gasteiger partial charge on any atom is -0.483 e. The van der Waals surface area contributed by atoms with Crippen molar-refractivity contribution in [1.29, 1.82) is 5.26 Å². The van der Waals surface area contributed by atoms with Crippen molar-refractivity contribution in [3.63, 3.8) is 0 Å². The topological polar surface area (TPSA) is 71.2 Å². The van der Waals surface area contributed by atoms with Gasteiger partial charge in [0.25, 0.3) is 5.91 Å². The highest BCUT2D eigenvalue weighted by molar-refractivity contribution is 6.35. The van der Waals surface area contributed by atoms with Crippen LogP contribution in [0.25, 0.3) is 5.69 Å². The molecule has 0 aliphatic carbocycles. The molecule has 11 heteroatoms. The zero-order chi connectivity index (χ0) is 23.8. The third-order valence-corrected chi connectivity index (χ3v) is 5.46. The second kappa shape index (κ2) is 8.75. The molecule has 0 N–H and O–H groups in total. The van der Waals surface area contributed by atoms with Crippen LogP contribution in [0, 0.1) is 17.1 Å². The maximum atomic E-state index is 13.3. The highest BCUT2D eigenvalue weighted by Gasteiger charge is 2.32. The first-order valence-electron chi connectivity index (χ1n) is 9.71. The molecular formula is C22H15ClF4N4O2. The molecule has 0 fully saturated rings. The van der Waals surface area contributed by atoms with Crippen LogP contribution in [-0.2, 0) is 13.0 Å². The van der Waals surface area contributed by atoms with Crippen molar-refractivity contribution in [1.82, 2.24) is 14.7 Å². The molecule has 2 heterocycles. The van der Waals surface area contributed by atoms with Crippen LogP contribution in [0.2, 0.25) is 5.02 Å². The Morgan fingerprint density at radius 3 is 2.61 bits per heavy atom. The maximum absolute atomic E-state index is 13.3. The Labute approximate surface area is 190 Å². The molecule has 33 heavy (non-hydrogen) atoms. The summed E-state index contributed by atoms with van der Waals surface area (Å²) in [6, 6.07) is 9.88. The second-order valence-electron chi connectivity index (χ2n) is 7.31. The van der Waals surface area contributed by atoms with Crippen LogP contribution in [0.4, 0.5) is 17.6 Å². The van der Waals surface area contributed by atoms with Crippen molar-refractivity contribution in [2.45, 2.75) is 19.1 Å². The van der Waals surface area contributed by atoms with E-state index in [1.165, 1.54) is 23.1 Å². The van der Waals surface area contributed by atoms with Crippen molar-refractivity contribution >= 4 is 17.5 Å². The van der Waals surface area contributed by atoms with Crippen LogP contribution < -0.4 is 4.74 Å². The zero-order valence-electron chi connectivity index (χ0n) is 16.9. The molecule has 1 amide bonds. The zero-order valence-corrected chi connectivity index (χ0v) is 17.6. The first-order valence-corrected chi connectivity index (χ1v) is 10.1. The van der Waals surface area contributed by atoms with Crippen molar-refractivity contribution in [2.24, 2.45) is 0 Å². The van der Waals surface area contributed by atoms with Gasteiger partial charge in [-0.1, -0.05) is 11.6 Å². The first-order chi connectivity index (χ1) is 15.7. The van der Waals surface area contributed by atoms with Crippen molar-refractivity contribution in [2.75, 3.05) is 13.2 Å². The van der Waals surface area contributed by atoms with Gasteiger partial charge < -0.3 is 9.64 Å². The summed E-state index contributed by atoms with van der Waals surface area (Å²) in [5.41, 5.74) is 1.75. The van der Waals surface area contributed by atoms with Crippen LogP contribution in [-0.4, -0.2) is 39.9 Å². The maximum Gasteiger partial charge on any atom is 0.422 e. The Bertz CT molecular complexity index is 1250. The number of halogens is 5. The largest absolute Gasteiger partial charge is 0.483 e. The van der Waals surface area contributed by atoms with Gasteiger partial charge in [-0.3, -0.25) is 4.79 Å². The van der Waals surface area contributed by atoms with E-state index in [1.54, 1.807) is 23.0 Å². The molecule has 0 atom stereocenters. The summed E-state index contributed by atoms with van der Waals surface area (Å²) < 4.78 is 57.6. The number of hydrogen-bond acceptors (Lipinski definition) is 4. The Hall–Kier alpha value is -3.58. The number of hydrogen-bond donors (Lipinski definition) is 0. The summed E-state index contributed by atoms with van der Waals surface area (Å²) in [5, 5.41) is 13.4. The number of nitriles is 1. The van der Waals surface area contributed by atoms with Gasteiger partial charge in [-0.05, 0) is 36.4 Å². The Morgan fingerprint density at radius 1 is 1.21 bits per heavy atom. The van der Waals surface area contributed by atoms with Crippen molar-refractivity contribution in [3.8, 4) is 17.5 Å². The third-order valence-electron chi connectivity index (χ3n) is 5.06. The monoisotopic (exact) mass is 478 g/mol. The second-order valence-corrected chi connectivity index (χ2v) is 7.69. The Morgan fingerprint density at radius 2 is 1.94 bits per heavy atom. The molecule has 170 valence electrons. The fraction of sp³-hybridized carbons (Fsp3) is 0.227. The normalized spacial score (nSPS) is 13.4. The van der Waals surface area contributed by atoms with E-state index < -0.39 is 18.7 Å². The minimum atomic E-state index is -4.62. The summed E-state index contributed by atoms with van der Waals surface area (Å²) in [4.78, 5) is 14.7. The van der Waals surface area contributed by atoms with Crippen molar-refractivity contribution < 1.29 is 27.1 Å². The standard InChI is InChI=1S/C22H15ClF4N4O2/c23-20-13(9-28)1-6-18(33-12-22(25,26)27)19(20)21(32)30-8-7-17-14(10-30)11-31(29-17)16-4-2-15(24)3-5-16/h1-6,11H,7-8,10,12H2. The van der Waals surface area contributed by atoms with E-state index in [0.717, 1.165) is 17.3 Å². The van der Waals surface area contributed by atoms with E-state index in [9.17, 15) is 27.6 Å². The van der Waals surface area contributed by atoms with Crippen LogP contribution in [0.3, 0.4) is 0 Å². The van der Waals surface area contributed by atoms with E-state index in [2.05, 4.69) is 5.10 Å². The quantitative estimate of drug-likeness (QED) is 0.511. The molecular weight excluding hydrogens is 464 g/mol. The molecule has 0 saturated heterocycles. The SMILES string of the molecule is N#Cc1ccc(OCC(F)(F)F)c(C(=O)N2CCc3nn(-c4ccc(F)cc4)cc3C2)c1Cl. The Kier molecular flexibility index (Phi) is 5.99. The van der Waals surface area contributed by atoms with Gasteiger partial charge in [-0.25, -0.2) is 9.07 Å². The molecule has 2 aromatic carbocycles. The highest BCUT2D eigenvalue weighted by Crippen LogP contribution is 2.33. The summed E-state index contributed by atoms with van der Waals surface area (Å²) in [7, 11) is 0. The highest BCUT2D eigenvalue weighted by atomic mass is 35.5. The molecule has 3 aromatic rings. The smallest absolute Gasteiger partial charge is 0.422 e. The molecule has 0 unspecified atom stereocenters. The number of rotatable bonds is 4. The molecule has 0 spiro atoms. The molecule has 0 saturated carbocycles. The number of nitrogens with zero attached hydrogens (tertiary/aromatic N) is 4. The van der Waals surface area contributed by atoms with Crippen molar-refractivity contribution in [3.05, 3.63) is 75.8 Å². The molecule has 1 aliphatic rings. The van der Waals surface area contributed by atoms with Gasteiger partial charge in [0.15, 0.2) is 6.61 Å². The fourth-order valence-electron chi connectivity index (χ4n) is 3.49. The Balaban J connectivity index is 1.62. The lowest BCUT2D eigenvalue weighted by Gasteiger charge is -2.27. The summed E-state index contributed by atoms with van der Waals surface area (Å²) >= 11 is 6.20. The number of benzene rings is 2. The van der Waals surface area contributed by atoms with E-state index in [-0.39, 0.29) is 40.8 Å². The van der Waals surface area contributed by atoms with Crippen LogP contribution in [0.5, 0.6) is 5.75 Å². The van der Waals surface area contributed by atoms with Gasteiger partial charge in [-0.2, -0.15) is 23.5 Å². The number of ether oxygens (including phenoxy) is 1. The van der Waals surface area contributed by atoms with Crippen LogP contribution >= 0.6 is 11.6 Å². The van der Waals surface area contributed by atoms with Gasteiger partial charge in [0, 0.05) is 31.3 Å². The number of alkyl halides is 3. The van der Waals surface area contributed by atoms with Crippen LogP contribution in [0.15, 0.2) is 42.6 Å². The molecule has 1 aliphatic heterocycles. The summed E-state index contributed by atoms with van der Waals surface area (Å²) in [5.74, 6) is -1.39. The summed E-state index contributed by atoms with van der Waals surface area (Å²) in [6.07, 6.45) is -2.52. The third kappa shape index (κ3) is 4.78. The number of carbonyl (C=O) groups excluding carboxylic acids is 1. The average molecular weight is 479 g/mol. The van der Waals surface area contributed by atoms with Gasteiger partial charge in [0.2, 0.25) is 0 Å². The molecule has 0 radical (unpaired) electrons. The van der Waals surface area contributed by atoms with Crippen LogP contribution in [0.1, 0.15) is 27.2 Å². The minimum absolute atomic E-state index is 0.0544. The summed E-state index contributed by atoms with van der Waals surface area (Å²) in [6.45, 7) is -1.25. The molecule has 0 bridgehead atoms. The lowest BCUT2D eigenvalue weighted by atomic mass is 10.0. The van der Waals surface area contributed by atoms with Gasteiger partial charge >= 0.3 is 6.18 Å². The predicted octanol–water partition coefficient (Wildman–Crippen LogP) is 4.68. The molecule has 6 nitrogen and oxygen atoms in total. The average Bonchev–Trinajstić information content (AvgIpc) is 3.20. The van der Waals surface area contributed by atoms with Gasteiger partial charge in [-0.15, -0.1) is 0 Å². The fourth-order valence-corrected chi connectivity index (χ4v) is 3.77. The predicted molar refractivity (Wildman–Crippen MR) is 110 cm³/mol. The molecule has 4 rings (SSSR count). The van der Waals surface area contributed by atoms with Gasteiger partial charge in [0.05, 0.1) is 22.0 Å². The van der Waals surface area contributed by atoms with Gasteiger partial charge in [0.1, 0.15) is 23.2 Å². The lowest BCUT2D eigenvalue weighted by molar-refractivity contribution is -0.153. The number of carbonyl (C=O) groups is 1. The molecule has 1 aromatic heterocycles. The number of aromatic nitrogens is 2. The number of amides is 1. The van der Waals surface area contributed by atoms with E-state index in [4.69, 9.17) is 16.3 Å². The number of fused-ring (bicyclic) bond motifs is 1.